The molecule has 0 radical (unpaired) electrons. The van der Waals surface area contributed by atoms with Gasteiger partial charge >= 0.3 is 0 Å². The summed E-state index contributed by atoms with van der Waals surface area (Å²) >= 11 is 1.47. The summed E-state index contributed by atoms with van der Waals surface area (Å²) in [5.41, 5.74) is 2.12. The van der Waals surface area contributed by atoms with Gasteiger partial charge in [-0.15, -0.1) is 11.3 Å². The fourth-order valence-corrected chi connectivity index (χ4v) is 5.08. The second kappa shape index (κ2) is 7.12. The van der Waals surface area contributed by atoms with E-state index in [0.29, 0.717) is 18.4 Å². The van der Waals surface area contributed by atoms with E-state index in [9.17, 15) is 9.59 Å². The summed E-state index contributed by atoms with van der Waals surface area (Å²) in [6.07, 6.45) is 4.01. The molecule has 0 unspecified atom stereocenters. The molecule has 1 saturated carbocycles. The van der Waals surface area contributed by atoms with E-state index in [4.69, 9.17) is 0 Å². The van der Waals surface area contributed by atoms with Gasteiger partial charge in [0.05, 0.1) is 11.6 Å². The predicted octanol–water partition coefficient (Wildman–Crippen LogP) is 2.64. The second-order valence-corrected chi connectivity index (χ2v) is 9.68. The van der Waals surface area contributed by atoms with E-state index in [1.807, 2.05) is 10.3 Å². The SMILES string of the molecule is CC(C)=C[C@@H]1[C@@H](C(=O)N2CCN(Cc3cc(=O)n4ccsc4n3)CC2)C1(C)C. The number of allylic oxidation sites excluding steroid dienone is 2. The molecule has 6 nitrogen and oxygen atoms in total. The van der Waals surface area contributed by atoms with Crippen LogP contribution in [0.1, 0.15) is 33.4 Å². The molecule has 0 bridgehead atoms. The molecular formula is C21H28N4O2S. The largest absolute Gasteiger partial charge is 0.340 e. The van der Waals surface area contributed by atoms with Crippen LogP contribution in [0.15, 0.2) is 34.1 Å². The Morgan fingerprint density at radius 1 is 1.29 bits per heavy atom. The van der Waals surface area contributed by atoms with E-state index in [0.717, 1.165) is 36.8 Å². The molecule has 4 rings (SSSR count). The average molecular weight is 401 g/mol. The third-order valence-corrected chi connectivity index (χ3v) is 6.87. The zero-order valence-corrected chi connectivity index (χ0v) is 17.8. The van der Waals surface area contributed by atoms with Gasteiger partial charge in [0.15, 0.2) is 4.96 Å². The molecule has 3 heterocycles. The van der Waals surface area contributed by atoms with Crippen LogP contribution in [0, 0.1) is 17.3 Å². The van der Waals surface area contributed by atoms with Gasteiger partial charge in [-0.1, -0.05) is 25.5 Å². The van der Waals surface area contributed by atoms with Gasteiger partial charge in [0, 0.05) is 50.4 Å². The lowest BCUT2D eigenvalue weighted by molar-refractivity contribution is -0.135. The van der Waals surface area contributed by atoms with Gasteiger partial charge in [-0.05, 0) is 25.2 Å². The second-order valence-electron chi connectivity index (χ2n) is 8.81. The molecule has 2 aromatic rings. The van der Waals surface area contributed by atoms with Crippen molar-refractivity contribution in [3.05, 3.63) is 45.3 Å². The Morgan fingerprint density at radius 3 is 2.68 bits per heavy atom. The summed E-state index contributed by atoms with van der Waals surface area (Å²) in [5, 5.41) is 1.87. The molecule has 2 aromatic heterocycles. The smallest absolute Gasteiger partial charge is 0.258 e. The first-order valence-electron chi connectivity index (χ1n) is 9.89. The first-order chi connectivity index (χ1) is 13.3. The minimum absolute atomic E-state index is 0.0312. The number of rotatable bonds is 4. The number of nitrogens with zero attached hydrogens (tertiary/aromatic N) is 4. The molecule has 1 aliphatic carbocycles. The molecule has 2 atom stereocenters. The molecule has 1 amide bonds. The Hall–Kier alpha value is -1.99. The van der Waals surface area contributed by atoms with Gasteiger partial charge in [-0.2, -0.15) is 0 Å². The molecule has 28 heavy (non-hydrogen) atoms. The zero-order valence-electron chi connectivity index (χ0n) is 17.0. The van der Waals surface area contributed by atoms with Crippen LogP contribution in [-0.4, -0.2) is 51.3 Å². The number of fused-ring (bicyclic) bond motifs is 1. The number of hydrogen-bond donors (Lipinski definition) is 0. The van der Waals surface area contributed by atoms with Crippen LogP contribution in [0.4, 0.5) is 0 Å². The molecule has 2 aliphatic rings. The Bertz CT molecular complexity index is 978. The quantitative estimate of drug-likeness (QED) is 0.741. The summed E-state index contributed by atoms with van der Waals surface area (Å²) in [6, 6.07) is 1.62. The summed E-state index contributed by atoms with van der Waals surface area (Å²) in [7, 11) is 0. The predicted molar refractivity (Wildman–Crippen MR) is 111 cm³/mol. The fourth-order valence-electron chi connectivity index (χ4n) is 4.34. The highest BCUT2D eigenvalue weighted by molar-refractivity contribution is 7.15. The van der Waals surface area contributed by atoms with Crippen molar-refractivity contribution in [3.63, 3.8) is 0 Å². The van der Waals surface area contributed by atoms with Crippen molar-refractivity contribution in [3.8, 4) is 0 Å². The van der Waals surface area contributed by atoms with Gasteiger partial charge in [0.2, 0.25) is 5.91 Å². The van der Waals surface area contributed by atoms with Crippen molar-refractivity contribution in [2.75, 3.05) is 26.2 Å². The van der Waals surface area contributed by atoms with Gasteiger partial charge in [-0.3, -0.25) is 18.9 Å². The van der Waals surface area contributed by atoms with Crippen LogP contribution < -0.4 is 5.56 Å². The van der Waals surface area contributed by atoms with Gasteiger partial charge in [0.1, 0.15) is 0 Å². The minimum atomic E-state index is -0.0312. The van der Waals surface area contributed by atoms with Crippen LogP contribution in [0.2, 0.25) is 0 Å². The Morgan fingerprint density at radius 2 is 2.00 bits per heavy atom. The molecular weight excluding hydrogens is 372 g/mol. The summed E-state index contributed by atoms with van der Waals surface area (Å²) < 4.78 is 1.57. The molecule has 2 fully saturated rings. The van der Waals surface area contributed by atoms with Crippen LogP contribution in [0.5, 0.6) is 0 Å². The van der Waals surface area contributed by atoms with E-state index in [-0.39, 0.29) is 16.9 Å². The topological polar surface area (TPSA) is 57.9 Å². The van der Waals surface area contributed by atoms with Crippen molar-refractivity contribution in [2.24, 2.45) is 17.3 Å². The van der Waals surface area contributed by atoms with E-state index in [2.05, 4.69) is 43.7 Å². The maximum absolute atomic E-state index is 13.0. The third kappa shape index (κ3) is 3.53. The van der Waals surface area contributed by atoms with Crippen molar-refractivity contribution in [1.82, 2.24) is 19.2 Å². The number of aromatic nitrogens is 2. The lowest BCUT2D eigenvalue weighted by Gasteiger charge is -2.35. The molecule has 150 valence electrons. The lowest BCUT2D eigenvalue weighted by atomic mass is 10.1. The Kier molecular flexibility index (Phi) is 4.91. The normalized spacial score (nSPS) is 24.4. The number of amides is 1. The summed E-state index contributed by atoms with van der Waals surface area (Å²) in [4.78, 5) is 34.8. The maximum Gasteiger partial charge on any atom is 0.258 e. The summed E-state index contributed by atoms with van der Waals surface area (Å²) in [5.74, 6) is 0.762. The van der Waals surface area contributed by atoms with Crippen molar-refractivity contribution in [2.45, 2.75) is 34.2 Å². The molecule has 0 N–H and O–H groups in total. The molecule has 0 aromatic carbocycles. The third-order valence-electron chi connectivity index (χ3n) is 6.12. The van der Waals surface area contributed by atoms with Gasteiger partial charge in [0.25, 0.3) is 5.56 Å². The van der Waals surface area contributed by atoms with Crippen molar-refractivity contribution < 1.29 is 4.79 Å². The minimum Gasteiger partial charge on any atom is -0.340 e. The highest BCUT2D eigenvalue weighted by atomic mass is 32.1. The van der Waals surface area contributed by atoms with E-state index in [1.165, 1.54) is 16.9 Å². The maximum atomic E-state index is 13.0. The molecule has 7 heteroatoms. The Balaban J connectivity index is 1.36. The number of hydrogen-bond acceptors (Lipinski definition) is 5. The number of carbonyl (C=O) groups is 1. The first kappa shape index (κ1) is 19.3. The number of carbonyl (C=O) groups excluding carboxylic acids is 1. The van der Waals surface area contributed by atoms with Crippen molar-refractivity contribution >= 4 is 22.2 Å². The number of thiazole rings is 1. The zero-order chi connectivity index (χ0) is 20.1. The first-order valence-corrected chi connectivity index (χ1v) is 10.8. The van der Waals surface area contributed by atoms with Gasteiger partial charge in [-0.25, -0.2) is 4.98 Å². The molecule has 1 aliphatic heterocycles. The molecule has 1 saturated heterocycles. The van der Waals surface area contributed by atoms with Crippen molar-refractivity contribution in [1.29, 1.82) is 0 Å². The lowest BCUT2D eigenvalue weighted by Crippen LogP contribution is -2.49. The van der Waals surface area contributed by atoms with Crippen LogP contribution in [0.3, 0.4) is 0 Å². The highest BCUT2D eigenvalue weighted by Crippen LogP contribution is 2.60. The monoisotopic (exact) mass is 400 g/mol. The summed E-state index contributed by atoms with van der Waals surface area (Å²) in [6.45, 7) is 12.4. The molecule has 0 spiro atoms. The average Bonchev–Trinajstić information content (AvgIpc) is 2.96. The van der Waals surface area contributed by atoms with E-state index in [1.54, 1.807) is 16.7 Å². The van der Waals surface area contributed by atoms with Crippen LogP contribution in [0.25, 0.3) is 4.96 Å². The van der Waals surface area contributed by atoms with Crippen LogP contribution >= 0.6 is 11.3 Å². The Labute approximate surface area is 169 Å². The van der Waals surface area contributed by atoms with E-state index < -0.39 is 0 Å². The van der Waals surface area contributed by atoms with E-state index >= 15 is 0 Å². The van der Waals surface area contributed by atoms with Gasteiger partial charge < -0.3 is 4.90 Å². The fraction of sp³-hybridized carbons (Fsp3) is 0.571. The number of piperazine rings is 1. The van der Waals surface area contributed by atoms with Crippen LogP contribution in [-0.2, 0) is 11.3 Å². The highest BCUT2D eigenvalue weighted by Gasteiger charge is 2.61. The standard InChI is InChI=1S/C21H28N4O2S/c1-14(2)11-16-18(21(16,3)4)19(27)24-7-5-23(6-8-24)13-15-12-17(26)25-9-10-28-20(25)22-15/h9-12,16,18H,5-8,13H2,1-4H3/t16-,18+/m1/s1.